The summed E-state index contributed by atoms with van der Waals surface area (Å²) in [4.78, 5) is 16.5. The van der Waals surface area contributed by atoms with Gasteiger partial charge in [0.2, 0.25) is 0 Å². The highest BCUT2D eigenvalue weighted by Crippen LogP contribution is 2.11. The van der Waals surface area contributed by atoms with Crippen LogP contribution >= 0.6 is 0 Å². The molecule has 0 aliphatic carbocycles. The number of hydrogen-bond donors (Lipinski definition) is 2. The molecule has 3 N–H and O–H groups in total. The van der Waals surface area contributed by atoms with Crippen molar-refractivity contribution in [2.75, 3.05) is 6.54 Å². The first-order valence-corrected chi connectivity index (χ1v) is 6.35. The van der Waals surface area contributed by atoms with Crippen molar-refractivity contribution in [1.29, 1.82) is 0 Å². The predicted octanol–water partition coefficient (Wildman–Crippen LogP) is 0.813. The minimum atomic E-state index is -0.159. The summed E-state index contributed by atoms with van der Waals surface area (Å²) >= 11 is 0. The first kappa shape index (κ1) is 13.5. The fraction of sp³-hybridized carbons (Fsp3) is 0.462. The number of fused-ring (bicyclic) bond motifs is 1. The Bertz CT molecular complexity index is 602. The van der Waals surface area contributed by atoms with Crippen LogP contribution < -0.4 is 11.1 Å². The molecule has 0 aliphatic rings. The topological polar surface area (TPSA) is 85.3 Å². The van der Waals surface area contributed by atoms with Crippen LogP contribution in [-0.4, -0.2) is 33.1 Å². The van der Waals surface area contributed by atoms with Gasteiger partial charge in [0, 0.05) is 24.0 Å². The van der Waals surface area contributed by atoms with Crippen molar-refractivity contribution in [3.8, 4) is 0 Å². The highest BCUT2D eigenvalue weighted by atomic mass is 16.1. The number of carbonyl (C=O) groups is 1. The summed E-state index contributed by atoms with van der Waals surface area (Å²) in [6.45, 7) is 6.30. The summed E-state index contributed by atoms with van der Waals surface area (Å²) < 4.78 is 1.67. The largest absolute Gasteiger partial charge is 0.352 e. The van der Waals surface area contributed by atoms with Crippen LogP contribution in [0.15, 0.2) is 12.3 Å². The number of nitrogens with zero attached hydrogens (tertiary/aromatic N) is 3. The van der Waals surface area contributed by atoms with E-state index in [9.17, 15) is 4.79 Å². The number of amides is 1. The van der Waals surface area contributed by atoms with Gasteiger partial charge in [-0.3, -0.25) is 4.79 Å². The lowest BCUT2D eigenvalue weighted by atomic mass is 10.2. The Balaban J connectivity index is 2.23. The summed E-state index contributed by atoms with van der Waals surface area (Å²) in [5.74, 6) is -0.159. The van der Waals surface area contributed by atoms with Gasteiger partial charge >= 0.3 is 0 Å². The van der Waals surface area contributed by atoms with Crippen molar-refractivity contribution in [2.24, 2.45) is 5.73 Å². The third kappa shape index (κ3) is 2.90. The average molecular weight is 261 g/mol. The van der Waals surface area contributed by atoms with Crippen molar-refractivity contribution in [3.05, 3.63) is 29.2 Å². The Morgan fingerprint density at radius 1 is 1.53 bits per heavy atom. The number of nitrogens with one attached hydrogen (secondary N) is 1. The van der Waals surface area contributed by atoms with Crippen LogP contribution in [0.2, 0.25) is 0 Å². The molecule has 2 rings (SSSR count). The molecule has 1 unspecified atom stereocenters. The van der Waals surface area contributed by atoms with Crippen LogP contribution in [-0.2, 0) is 0 Å². The predicted molar refractivity (Wildman–Crippen MR) is 73.1 cm³/mol. The van der Waals surface area contributed by atoms with Gasteiger partial charge in [0.15, 0.2) is 5.65 Å². The molecule has 0 bridgehead atoms. The van der Waals surface area contributed by atoms with E-state index in [0.29, 0.717) is 17.8 Å². The molecular weight excluding hydrogens is 242 g/mol. The normalized spacial score (nSPS) is 12.6. The summed E-state index contributed by atoms with van der Waals surface area (Å²) in [5.41, 5.74) is 8.56. The third-order valence-corrected chi connectivity index (χ3v) is 2.91. The van der Waals surface area contributed by atoms with Gasteiger partial charge in [0.1, 0.15) is 5.56 Å². The number of aryl methyl sites for hydroxylation is 2. The van der Waals surface area contributed by atoms with Crippen LogP contribution in [0.4, 0.5) is 0 Å². The van der Waals surface area contributed by atoms with Gasteiger partial charge in [-0.2, -0.15) is 5.10 Å². The molecule has 19 heavy (non-hydrogen) atoms. The van der Waals surface area contributed by atoms with Crippen molar-refractivity contribution in [1.82, 2.24) is 19.9 Å². The second-order valence-electron chi connectivity index (χ2n) is 4.85. The number of carbonyl (C=O) groups excluding carboxylic acids is 1. The number of nitrogens with two attached hydrogens (primary N) is 1. The Kier molecular flexibility index (Phi) is 3.80. The quantitative estimate of drug-likeness (QED) is 0.853. The molecule has 2 aromatic heterocycles. The fourth-order valence-corrected chi connectivity index (χ4v) is 1.94. The van der Waals surface area contributed by atoms with Crippen molar-refractivity contribution >= 4 is 11.6 Å². The second-order valence-corrected chi connectivity index (χ2v) is 4.85. The molecule has 0 fully saturated rings. The maximum atomic E-state index is 12.1. The number of hydrogen-bond acceptors (Lipinski definition) is 4. The monoisotopic (exact) mass is 261 g/mol. The zero-order valence-electron chi connectivity index (χ0n) is 11.5. The van der Waals surface area contributed by atoms with E-state index in [0.717, 1.165) is 17.8 Å². The molecule has 6 heteroatoms. The molecule has 0 saturated carbocycles. The van der Waals surface area contributed by atoms with Gasteiger partial charge in [0.05, 0.1) is 6.20 Å². The fourth-order valence-electron chi connectivity index (χ4n) is 1.94. The Labute approximate surface area is 112 Å². The standard InChI is InChI=1S/C13H19N5O/c1-8(14)4-5-15-13(19)11-7-16-18-10(3)6-9(2)17-12(11)18/h6-8H,4-5,14H2,1-3H3,(H,15,19). The molecule has 102 valence electrons. The first-order chi connectivity index (χ1) is 8.99. The van der Waals surface area contributed by atoms with Crippen LogP contribution in [0.25, 0.3) is 5.65 Å². The van der Waals surface area contributed by atoms with Gasteiger partial charge in [0.25, 0.3) is 5.91 Å². The highest BCUT2D eigenvalue weighted by Gasteiger charge is 2.14. The maximum Gasteiger partial charge on any atom is 0.256 e. The molecule has 2 aromatic rings. The van der Waals surface area contributed by atoms with Crippen molar-refractivity contribution in [3.63, 3.8) is 0 Å². The summed E-state index contributed by atoms with van der Waals surface area (Å²) in [7, 11) is 0. The molecule has 6 nitrogen and oxygen atoms in total. The van der Waals surface area contributed by atoms with E-state index >= 15 is 0 Å². The summed E-state index contributed by atoms with van der Waals surface area (Å²) in [6, 6.07) is 2.00. The number of rotatable bonds is 4. The molecule has 1 atom stereocenters. The lowest BCUT2D eigenvalue weighted by molar-refractivity contribution is 0.0954. The average Bonchev–Trinajstić information content (AvgIpc) is 2.72. The van der Waals surface area contributed by atoms with Crippen LogP contribution in [0.5, 0.6) is 0 Å². The molecule has 0 aromatic carbocycles. The van der Waals surface area contributed by atoms with E-state index in [2.05, 4.69) is 15.4 Å². The second kappa shape index (κ2) is 5.36. The van der Waals surface area contributed by atoms with Gasteiger partial charge in [-0.1, -0.05) is 0 Å². The molecule has 0 spiro atoms. The van der Waals surface area contributed by atoms with Gasteiger partial charge < -0.3 is 11.1 Å². The van der Waals surface area contributed by atoms with E-state index < -0.39 is 0 Å². The maximum absolute atomic E-state index is 12.1. The zero-order valence-corrected chi connectivity index (χ0v) is 11.5. The lowest BCUT2D eigenvalue weighted by Crippen LogP contribution is -2.29. The van der Waals surface area contributed by atoms with Crippen molar-refractivity contribution in [2.45, 2.75) is 33.2 Å². The van der Waals surface area contributed by atoms with Gasteiger partial charge in [-0.15, -0.1) is 0 Å². The summed E-state index contributed by atoms with van der Waals surface area (Å²) in [6.07, 6.45) is 2.30. The molecule has 2 heterocycles. The first-order valence-electron chi connectivity index (χ1n) is 6.35. The SMILES string of the molecule is Cc1cc(C)n2ncc(C(=O)NCCC(C)N)c2n1. The van der Waals surface area contributed by atoms with E-state index in [-0.39, 0.29) is 11.9 Å². The molecule has 0 aliphatic heterocycles. The Hall–Kier alpha value is -1.95. The third-order valence-electron chi connectivity index (χ3n) is 2.91. The highest BCUT2D eigenvalue weighted by molar-refractivity contribution is 5.99. The smallest absolute Gasteiger partial charge is 0.256 e. The zero-order chi connectivity index (χ0) is 14.0. The van der Waals surface area contributed by atoms with Crippen molar-refractivity contribution < 1.29 is 4.79 Å². The molecule has 0 saturated heterocycles. The van der Waals surface area contributed by atoms with Gasteiger partial charge in [-0.25, -0.2) is 9.50 Å². The summed E-state index contributed by atoms with van der Waals surface area (Å²) in [5, 5.41) is 7.03. The van der Waals surface area contributed by atoms with E-state index in [1.54, 1.807) is 10.7 Å². The van der Waals surface area contributed by atoms with Crippen LogP contribution in [0.1, 0.15) is 35.1 Å². The van der Waals surface area contributed by atoms with E-state index in [4.69, 9.17) is 5.73 Å². The van der Waals surface area contributed by atoms with Crippen LogP contribution in [0, 0.1) is 13.8 Å². The minimum Gasteiger partial charge on any atom is -0.352 e. The Morgan fingerprint density at radius 2 is 2.26 bits per heavy atom. The van der Waals surface area contributed by atoms with E-state index in [1.165, 1.54) is 0 Å². The van der Waals surface area contributed by atoms with Gasteiger partial charge in [-0.05, 0) is 33.3 Å². The van der Waals surface area contributed by atoms with E-state index in [1.807, 2.05) is 26.8 Å². The molecular formula is C13H19N5O. The van der Waals surface area contributed by atoms with Crippen LogP contribution in [0.3, 0.4) is 0 Å². The molecule has 0 radical (unpaired) electrons. The minimum absolute atomic E-state index is 0.0758. The number of aromatic nitrogens is 3. The Morgan fingerprint density at radius 3 is 2.95 bits per heavy atom. The molecule has 1 amide bonds. The lowest BCUT2D eigenvalue weighted by Gasteiger charge is -2.06.